The van der Waals surface area contributed by atoms with Crippen LogP contribution in [0.2, 0.25) is 0 Å². The van der Waals surface area contributed by atoms with E-state index in [2.05, 4.69) is 18.7 Å². The molecule has 0 bridgehead atoms. The molecule has 1 aliphatic rings. The summed E-state index contributed by atoms with van der Waals surface area (Å²) < 4.78 is 0. The van der Waals surface area contributed by atoms with E-state index in [4.69, 9.17) is 5.73 Å². The van der Waals surface area contributed by atoms with Crippen LogP contribution in [0.1, 0.15) is 32.6 Å². The number of hydrogen-bond acceptors (Lipinski definition) is 2. The molecule has 0 saturated carbocycles. The van der Waals surface area contributed by atoms with E-state index in [1.54, 1.807) is 0 Å². The smallest absolute Gasteiger partial charge is 0.00753 e. The predicted octanol–water partition coefficient (Wildman–Crippen LogP) is 2.26. The van der Waals surface area contributed by atoms with Gasteiger partial charge in [-0.15, -0.1) is 0 Å². The average Bonchev–Trinajstić information content (AvgIpc) is 2.52. The molecule has 0 amide bonds. The first-order chi connectivity index (χ1) is 5.34. The molecule has 11 heavy (non-hydrogen) atoms. The minimum Gasteiger partial charge on any atom is -0.327 e. The third kappa shape index (κ3) is 3.04. The van der Waals surface area contributed by atoms with Crippen LogP contribution >= 0.6 is 11.8 Å². The highest BCUT2D eigenvalue weighted by Crippen LogP contribution is 2.26. The molecule has 1 rings (SSSR count). The second-order valence-corrected chi connectivity index (χ2v) is 4.58. The number of hydrogen-bond donors (Lipinski definition) is 1. The first-order valence-corrected chi connectivity index (χ1v) is 5.83. The Kier molecular flexibility index (Phi) is 4.31. The normalized spacial score (nSPS) is 27.3. The van der Waals surface area contributed by atoms with Gasteiger partial charge in [-0.3, -0.25) is 0 Å². The van der Waals surface area contributed by atoms with Crippen molar-refractivity contribution in [1.82, 2.24) is 0 Å². The maximum Gasteiger partial charge on any atom is 0.00753 e. The maximum absolute atomic E-state index is 6.05. The molecule has 0 aliphatic carbocycles. The summed E-state index contributed by atoms with van der Waals surface area (Å²) in [5.41, 5.74) is 6.05. The van der Waals surface area contributed by atoms with Crippen molar-refractivity contribution in [2.75, 3.05) is 11.5 Å². The van der Waals surface area contributed by atoms with Crippen LogP contribution in [0.5, 0.6) is 0 Å². The van der Waals surface area contributed by atoms with Gasteiger partial charge in [0, 0.05) is 6.04 Å². The lowest BCUT2D eigenvalue weighted by Crippen LogP contribution is -2.29. The summed E-state index contributed by atoms with van der Waals surface area (Å²) in [5.74, 6) is 3.47. The van der Waals surface area contributed by atoms with Crippen molar-refractivity contribution in [3.8, 4) is 0 Å². The van der Waals surface area contributed by atoms with Crippen LogP contribution in [0.15, 0.2) is 0 Å². The molecular formula is C9H19NS. The molecule has 1 nitrogen and oxygen atoms in total. The van der Waals surface area contributed by atoms with Crippen molar-refractivity contribution in [2.24, 2.45) is 11.7 Å². The second kappa shape index (κ2) is 5.04. The van der Waals surface area contributed by atoms with Gasteiger partial charge >= 0.3 is 0 Å². The lowest BCUT2D eigenvalue weighted by Gasteiger charge is -2.17. The Hall–Kier alpha value is 0.310. The highest BCUT2D eigenvalue weighted by Gasteiger charge is 2.21. The molecule has 2 atom stereocenters. The number of unbranched alkanes of at least 4 members (excludes halogenated alkanes) is 1. The summed E-state index contributed by atoms with van der Waals surface area (Å²) in [6.07, 6.45) is 5.19. The highest BCUT2D eigenvalue weighted by atomic mass is 32.2. The van der Waals surface area contributed by atoms with Crippen molar-refractivity contribution in [3.05, 3.63) is 0 Å². The zero-order valence-corrected chi connectivity index (χ0v) is 8.20. The number of thioether (sulfide) groups is 1. The lowest BCUT2D eigenvalue weighted by molar-refractivity contribution is 0.428. The van der Waals surface area contributed by atoms with Gasteiger partial charge in [-0.2, -0.15) is 11.8 Å². The van der Waals surface area contributed by atoms with Gasteiger partial charge in [0.15, 0.2) is 0 Å². The number of rotatable bonds is 4. The topological polar surface area (TPSA) is 26.0 Å². The van der Waals surface area contributed by atoms with E-state index >= 15 is 0 Å². The summed E-state index contributed by atoms with van der Waals surface area (Å²) >= 11 is 2.06. The van der Waals surface area contributed by atoms with Crippen molar-refractivity contribution in [3.63, 3.8) is 0 Å². The molecule has 0 radical (unpaired) electrons. The monoisotopic (exact) mass is 173 g/mol. The standard InChI is InChI=1S/C9H19NS/c1-2-3-4-9(10)8-5-6-11-7-8/h8-9H,2-7,10H2,1H3. The molecule has 66 valence electrons. The van der Waals surface area contributed by atoms with Crippen molar-refractivity contribution < 1.29 is 0 Å². The van der Waals surface area contributed by atoms with Crippen LogP contribution < -0.4 is 5.73 Å². The molecule has 2 heteroatoms. The van der Waals surface area contributed by atoms with Crippen molar-refractivity contribution in [1.29, 1.82) is 0 Å². The van der Waals surface area contributed by atoms with Crippen molar-refractivity contribution in [2.45, 2.75) is 38.6 Å². The van der Waals surface area contributed by atoms with E-state index in [0.717, 1.165) is 5.92 Å². The van der Waals surface area contributed by atoms with Gasteiger partial charge in [0.05, 0.1) is 0 Å². The van der Waals surface area contributed by atoms with Gasteiger partial charge in [-0.1, -0.05) is 19.8 Å². The molecule has 2 N–H and O–H groups in total. The first-order valence-electron chi connectivity index (χ1n) is 4.68. The summed E-state index contributed by atoms with van der Waals surface area (Å²) in [5, 5.41) is 0. The molecule has 0 aromatic heterocycles. The quantitative estimate of drug-likeness (QED) is 0.705. The highest BCUT2D eigenvalue weighted by molar-refractivity contribution is 7.99. The van der Waals surface area contributed by atoms with Crippen LogP contribution in [0.25, 0.3) is 0 Å². The van der Waals surface area contributed by atoms with Crippen LogP contribution in [0.4, 0.5) is 0 Å². The van der Waals surface area contributed by atoms with Gasteiger partial charge in [0.25, 0.3) is 0 Å². The van der Waals surface area contributed by atoms with E-state index in [-0.39, 0.29) is 0 Å². The zero-order valence-electron chi connectivity index (χ0n) is 7.38. The van der Waals surface area contributed by atoms with E-state index in [1.807, 2.05) is 0 Å². The summed E-state index contributed by atoms with van der Waals surface area (Å²) in [6, 6.07) is 0.491. The minimum atomic E-state index is 0.491. The predicted molar refractivity (Wildman–Crippen MR) is 52.9 cm³/mol. The Morgan fingerprint density at radius 3 is 3.00 bits per heavy atom. The van der Waals surface area contributed by atoms with Crippen LogP contribution in [0, 0.1) is 5.92 Å². The Morgan fingerprint density at radius 2 is 2.45 bits per heavy atom. The SMILES string of the molecule is CCCCC(N)C1CCSC1. The largest absolute Gasteiger partial charge is 0.327 e. The fourth-order valence-electron chi connectivity index (χ4n) is 1.57. The van der Waals surface area contributed by atoms with Crippen molar-refractivity contribution >= 4 is 11.8 Å². The van der Waals surface area contributed by atoms with Gasteiger partial charge in [-0.05, 0) is 30.3 Å². The summed E-state index contributed by atoms with van der Waals surface area (Å²) in [6.45, 7) is 2.23. The fraction of sp³-hybridized carbons (Fsp3) is 1.00. The molecule has 0 aromatic rings. The Morgan fingerprint density at radius 1 is 1.64 bits per heavy atom. The Labute approximate surface area is 74.1 Å². The molecule has 1 heterocycles. The first kappa shape index (κ1) is 9.40. The third-order valence-electron chi connectivity index (χ3n) is 2.46. The molecule has 0 aromatic carbocycles. The van der Waals surface area contributed by atoms with Gasteiger partial charge in [0.1, 0.15) is 0 Å². The van der Waals surface area contributed by atoms with Gasteiger partial charge < -0.3 is 5.73 Å². The molecule has 1 fully saturated rings. The van der Waals surface area contributed by atoms with Crippen LogP contribution in [-0.4, -0.2) is 17.5 Å². The maximum atomic E-state index is 6.05. The second-order valence-electron chi connectivity index (χ2n) is 3.43. The zero-order chi connectivity index (χ0) is 8.10. The van der Waals surface area contributed by atoms with Gasteiger partial charge in [0.2, 0.25) is 0 Å². The van der Waals surface area contributed by atoms with Crippen LogP contribution in [-0.2, 0) is 0 Å². The summed E-state index contributed by atoms with van der Waals surface area (Å²) in [4.78, 5) is 0. The average molecular weight is 173 g/mol. The fourth-order valence-corrected chi connectivity index (χ4v) is 2.92. The molecule has 1 saturated heterocycles. The lowest BCUT2D eigenvalue weighted by atomic mass is 9.95. The Balaban J connectivity index is 2.12. The van der Waals surface area contributed by atoms with E-state index in [0.29, 0.717) is 6.04 Å². The Bertz CT molecular complexity index is 99.7. The van der Waals surface area contributed by atoms with Crippen LogP contribution in [0.3, 0.4) is 0 Å². The molecular weight excluding hydrogens is 154 g/mol. The minimum absolute atomic E-state index is 0.491. The third-order valence-corrected chi connectivity index (χ3v) is 3.65. The summed E-state index contributed by atoms with van der Waals surface area (Å²) in [7, 11) is 0. The number of nitrogens with two attached hydrogens (primary N) is 1. The van der Waals surface area contributed by atoms with E-state index in [1.165, 1.54) is 37.2 Å². The van der Waals surface area contributed by atoms with E-state index in [9.17, 15) is 0 Å². The molecule has 0 spiro atoms. The molecule has 1 aliphatic heterocycles. The van der Waals surface area contributed by atoms with E-state index < -0.39 is 0 Å². The molecule has 2 unspecified atom stereocenters. The van der Waals surface area contributed by atoms with Gasteiger partial charge in [-0.25, -0.2) is 0 Å².